The second-order valence-electron chi connectivity index (χ2n) is 11.4. The largest absolute Gasteiger partial charge is 0.394 e. The van der Waals surface area contributed by atoms with Gasteiger partial charge in [-0.3, -0.25) is 0 Å². The molecule has 4 aliphatic heterocycles. The molecule has 46 heavy (non-hydrogen) atoms. The summed E-state index contributed by atoms with van der Waals surface area (Å²) in [5.74, 6) is 0. The minimum Gasteiger partial charge on any atom is -0.394 e. The number of hydrogen-bond donors (Lipinski definition) is 13. The van der Waals surface area contributed by atoms with Crippen LogP contribution in [0.25, 0.3) is 0 Å². The molecule has 4 rings (SSSR count). The summed E-state index contributed by atoms with van der Waals surface area (Å²) >= 11 is 0.617. The van der Waals surface area contributed by atoms with E-state index in [0.717, 1.165) is 0 Å². The van der Waals surface area contributed by atoms with Crippen molar-refractivity contribution in [3.05, 3.63) is 0 Å². The Kier molecular flexibility index (Phi) is 13.8. The molecule has 0 radical (unpaired) electrons. The fraction of sp³-hybridized carbons (Fsp3) is 1.00. The first-order valence-electron chi connectivity index (χ1n) is 14.5. The molecule has 20 nitrogen and oxygen atoms in total. The standard InChI is InChI=1S/C25H44O20S/c1-39-22-16(36)13(33)19(8(4-28)41-22)44-24-17(37)14(34)21(9(5-29)42-24)46-25-18(38)20(11(31)7(3-27)43-25)45-23-15(35)12(32)10(30)6(2-26)40-23/h6-38H,2-5H2,1H3/t6?,7?,8?,9?,10-,11-,12+,13-,14-,15?,16?,17?,18?,19-,20+,21-,22-,23+,24+,25+/m1/s1. The third-order valence-electron chi connectivity index (χ3n) is 8.42. The Hall–Kier alpha value is -0.450. The highest BCUT2D eigenvalue weighted by Gasteiger charge is 2.55. The van der Waals surface area contributed by atoms with Gasteiger partial charge < -0.3 is 99.5 Å². The summed E-state index contributed by atoms with van der Waals surface area (Å²) in [5.41, 5.74) is -1.47. The Morgan fingerprint density at radius 2 is 0.935 bits per heavy atom. The maximum absolute atomic E-state index is 11.2. The summed E-state index contributed by atoms with van der Waals surface area (Å²) in [6.45, 7) is -3.08. The maximum Gasteiger partial charge on any atom is 0.187 e. The van der Waals surface area contributed by atoms with Crippen LogP contribution in [0.1, 0.15) is 0 Å². The van der Waals surface area contributed by atoms with E-state index < -0.39 is 148 Å². The van der Waals surface area contributed by atoms with E-state index in [1.54, 1.807) is 0 Å². The molecule has 0 aromatic rings. The molecular formula is C25H44O20S. The third-order valence-corrected chi connectivity index (χ3v) is 9.97. The SMILES string of the molecule is CO[C@@H]1OC(CO)[C@@H](O[C@@H]2OC(CO)[C@@H](S[C@@H]3OC(CO)[C@@H](O)[C@H](O[C@@H]4OC(CO)[C@@H](O)[C@H](O)C4O)C3O)[C@H](O)C2O)[C@H](O)C1O. The highest BCUT2D eigenvalue weighted by molar-refractivity contribution is 8.00. The normalized spacial score (nSPS) is 52.0. The molecule has 20 atom stereocenters. The predicted octanol–water partition coefficient (Wildman–Crippen LogP) is -8.38. The van der Waals surface area contributed by atoms with Crippen LogP contribution in [0.5, 0.6) is 0 Å². The van der Waals surface area contributed by atoms with E-state index in [2.05, 4.69) is 0 Å². The summed E-state index contributed by atoms with van der Waals surface area (Å²) < 4.78 is 38.1. The van der Waals surface area contributed by atoms with E-state index in [-0.39, 0.29) is 0 Å². The summed E-state index contributed by atoms with van der Waals surface area (Å²) in [4.78, 5) is 0. The van der Waals surface area contributed by atoms with Crippen LogP contribution >= 0.6 is 11.8 Å². The lowest BCUT2D eigenvalue weighted by molar-refractivity contribution is -0.347. The van der Waals surface area contributed by atoms with Crippen LogP contribution in [-0.4, -0.2) is 221 Å². The van der Waals surface area contributed by atoms with Crippen molar-refractivity contribution in [2.24, 2.45) is 0 Å². The molecule has 4 fully saturated rings. The predicted molar refractivity (Wildman–Crippen MR) is 145 cm³/mol. The molecule has 0 saturated carbocycles. The first-order valence-corrected chi connectivity index (χ1v) is 15.4. The average Bonchev–Trinajstić information content (AvgIpc) is 3.05. The molecule has 0 aromatic carbocycles. The van der Waals surface area contributed by atoms with Gasteiger partial charge in [0.1, 0.15) is 84.8 Å². The van der Waals surface area contributed by atoms with Gasteiger partial charge in [0.15, 0.2) is 18.9 Å². The van der Waals surface area contributed by atoms with Crippen LogP contribution in [0.15, 0.2) is 0 Å². The number of aliphatic hydroxyl groups excluding tert-OH is 13. The molecule has 8 unspecified atom stereocenters. The van der Waals surface area contributed by atoms with Gasteiger partial charge in [0, 0.05) is 7.11 Å². The lowest BCUT2D eigenvalue weighted by Gasteiger charge is -2.49. The number of rotatable bonds is 11. The number of methoxy groups -OCH3 is 1. The van der Waals surface area contributed by atoms with Crippen LogP contribution in [0.4, 0.5) is 0 Å². The molecule has 270 valence electrons. The van der Waals surface area contributed by atoms with E-state index in [4.69, 9.17) is 33.2 Å². The number of ether oxygens (including phenoxy) is 7. The molecule has 0 bridgehead atoms. The topological polar surface area (TPSA) is 328 Å². The van der Waals surface area contributed by atoms with Gasteiger partial charge >= 0.3 is 0 Å². The van der Waals surface area contributed by atoms with Gasteiger partial charge in [-0.05, 0) is 0 Å². The van der Waals surface area contributed by atoms with E-state index in [9.17, 15) is 66.4 Å². The fourth-order valence-corrected chi connectivity index (χ4v) is 7.20. The van der Waals surface area contributed by atoms with E-state index in [1.807, 2.05) is 0 Å². The van der Waals surface area contributed by atoms with Crippen LogP contribution in [0.3, 0.4) is 0 Å². The second-order valence-corrected chi connectivity index (χ2v) is 12.6. The van der Waals surface area contributed by atoms with Gasteiger partial charge in [-0.25, -0.2) is 0 Å². The summed E-state index contributed by atoms with van der Waals surface area (Å²) in [6.07, 6.45) is -29.4. The zero-order valence-electron chi connectivity index (χ0n) is 24.5. The van der Waals surface area contributed by atoms with Gasteiger partial charge in [-0.15, -0.1) is 11.8 Å². The lowest BCUT2D eigenvalue weighted by Crippen LogP contribution is -2.65. The summed E-state index contributed by atoms with van der Waals surface area (Å²) in [7, 11) is 1.20. The molecule has 0 aromatic heterocycles. The Morgan fingerprint density at radius 1 is 0.457 bits per heavy atom. The second kappa shape index (κ2) is 16.5. The molecule has 4 heterocycles. The number of aliphatic hydroxyl groups is 13. The van der Waals surface area contributed by atoms with Gasteiger partial charge in [-0.1, -0.05) is 0 Å². The Morgan fingerprint density at radius 3 is 1.50 bits per heavy atom. The lowest BCUT2D eigenvalue weighted by atomic mass is 9.97. The Bertz CT molecular complexity index is 934. The Labute approximate surface area is 266 Å². The molecular weight excluding hydrogens is 652 g/mol. The van der Waals surface area contributed by atoms with Crippen molar-refractivity contribution in [2.75, 3.05) is 33.5 Å². The molecule has 13 N–H and O–H groups in total. The maximum atomic E-state index is 11.2. The van der Waals surface area contributed by atoms with Gasteiger partial charge in [0.25, 0.3) is 0 Å². The summed E-state index contributed by atoms with van der Waals surface area (Å²) in [5, 5.41) is 133. The van der Waals surface area contributed by atoms with E-state index in [1.165, 1.54) is 7.11 Å². The highest BCUT2D eigenvalue weighted by Crippen LogP contribution is 2.40. The van der Waals surface area contributed by atoms with Gasteiger partial charge in [0.05, 0.1) is 43.9 Å². The molecule has 4 aliphatic rings. The van der Waals surface area contributed by atoms with E-state index in [0.29, 0.717) is 11.8 Å². The van der Waals surface area contributed by atoms with Crippen LogP contribution in [0, 0.1) is 0 Å². The minimum absolute atomic E-state index is 0.617. The van der Waals surface area contributed by atoms with Crippen LogP contribution in [0.2, 0.25) is 0 Å². The minimum atomic E-state index is -1.89. The molecule has 0 amide bonds. The van der Waals surface area contributed by atoms with Gasteiger partial charge in [0.2, 0.25) is 0 Å². The Balaban J connectivity index is 1.48. The number of thioether (sulfide) groups is 1. The first-order chi connectivity index (χ1) is 21.8. The van der Waals surface area contributed by atoms with Crippen molar-refractivity contribution in [2.45, 2.75) is 121 Å². The zero-order valence-corrected chi connectivity index (χ0v) is 25.3. The van der Waals surface area contributed by atoms with Crippen LogP contribution < -0.4 is 0 Å². The van der Waals surface area contributed by atoms with Crippen molar-refractivity contribution < 1.29 is 99.5 Å². The van der Waals surface area contributed by atoms with E-state index >= 15 is 0 Å². The smallest absolute Gasteiger partial charge is 0.187 e. The van der Waals surface area contributed by atoms with Crippen molar-refractivity contribution in [3.63, 3.8) is 0 Å². The molecule has 0 spiro atoms. The van der Waals surface area contributed by atoms with Crippen molar-refractivity contribution >= 4 is 11.8 Å². The molecule has 4 saturated heterocycles. The van der Waals surface area contributed by atoms with Crippen LogP contribution in [-0.2, 0) is 33.2 Å². The van der Waals surface area contributed by atoms with Gasteiger partial charge in [-0.2, -0.15) is 0 Å². The highest BCUT2D eigenvalue weighted by atomic mass is 32.2. The monoisotopic (exact) mass is 696 g/mol. The summed E-state index contributed by atoms with van der Waals surface area (Å²) in [6, 6.07) is 0. The van der Waals surface area contributed by atoms with Crippen molar-refractivity contribution in [1.82, 2.24) is 0 Å². The third kappa shape index (κ3) is 7.65. The first kappa shape index (κ1) is 38.4. The number of hydrogen-bond acceptors (Lipinski definition) is 21. The van der Waals surface area contributed by atoms with Crippen molar-refractivity contribution in [1.29, 1.82) is 0 Å². The zero-order chi connectivity index (χ0) is 34.0. The van der Waals surface area contributed by atoms with Crippen molar-refractivity contribution in [3.8, 4) is 0 Å². The molecule has 0 aliphatic carbocycles. The molecule has 21 heteroatoms. The fourth-order valence-electron chi connectivity index (χ4n) is 5.72. The quantitative estimate of drug-likeness (QED) is 0.0953. The average molecular weight is 697 g/mol.